The number of amides is 1. The van der Waals surface area contributed by atoms with Crippen molar-refractivity contribution in [3.63, 3.8) is 0 Å². The third kappa shape index (κ3) is 11.7. The quantitative estimate of drug-likeness (QED) is 0.130. The summed E-state index contributed by atoms with van der Waals surface area (Å²) < 4.78 is 19.6. The summed E-state index contributed by atoms with van der Waals surface area (Å²) in [6.07, 6.45) is 10.1. The van der Waals surface area contributed by atoms with Crippen LogP contribution in [0.3, 0.4) is 0 Å². The van der Waals surface area contributed by atoms with Gasteiger partial charge in [-0.1, -0.05) is 65.8 Å². The predicted octanol–water partition coefficient (Wildman–Crippen LogP) is 7.39. The first kappa shape index (κ1) is 34.0. The van der Waals surface area contributed by atoms with Gasteiger partial charge in [0.1, 0.15) is 12.2 Å². The summed E-state index contributed by atoms with van der Waals surface area (Å²) in [5, 5.41) is 3.07. The van der Waals surface area contributed by atoms with Crippen molar-refractivity contribution < 1.29 is 18.4 Å². The molecular formula is C28H55NO4Si2. The van der Waals surface area contributed by atoms with Crippen molar-refractivity contribution in [1.29, 1.82) is 0 Å². The zero-order chi connectivity index (χ0) is 27.5. The molecule has 0 radical (unpaired) electrons. The lowest BCUT2D eigenvalue weighted by Gasteiger charge is -2.45. The van der Waals surface area contributed by atoms with Gasteiger partial charge in [-0.3, -0.25) is 4.79 Å². The molecule has 35 heavy (non-hydrogen) atoms. The van der Waals surface area contributed by atoms with Crippen LogP contribution in [0.5, 0.6) is 0 Å². The molecule has 0 aromatic rings. The van der Waals surface area contributed by atoms with Crippen LogP contribution in [0.2, 0.25) is 36.3 Å². The highest BCUT2D eigenvalue weighted by atomic mass is 28.4. The molecular weight excluding hydrogens is 470 g/mol. The van der Waals surface area contributed by atoms with E-state index in [0.29, 0.717) is 13.0 Å². The van der Waals surface area contributed by atoms with Crippen LogP contribution in [0.15, 0.2) is 37.5 Å². The van der Waals surface area contributed by atoms with Crippen molar-refractivity contribution in [3.8, 4) is 0 Å². The highest BCUT2D eigenvalue weighted by molar-refractivity contribution is 6.74. The van der Waals surface area contributed by atoms with Gasteiger partial charge in [-0.25, -0.2) is 0 Å². The molecule has 5 nitrogen and oxygen atoms in total. The number of ether oxygens (including phenoxy) is 1. The summed E-state index contributed by atoms with van der Waals surface area (Å²) >= 11 is 0. The number of unbranched alkanes of at least 4 members (excludes halogenated alkanes) is 2. The van der Waals surface area contributed by atoms with Gasteiger partial charge in [-0.2, -0.15) is 0 Å². The van der Waals surface area contributed by atoms with Gasteiger partial charge < -0.3 is 18.9 Å². The zero-order valence-electron chi connectivity index (χ0n) is 24.6. The standard InChI is InChI=1S/C28H55NO4Si2/c1-14-16-17-18-21-25(30)29-22-19-20-24(32-34(10,11)27(3,4)5)26(23(15-2)31-9)33-35(12,13)28(6,7)8/h14-15,19-20,23-24,26H,1-2,16-18,21-22H2,3-13H3,(H,29,30)/b20-19+/t23-,24-,26+/m0/s1. The normalized spacial score (nSPS) is 16.1. The monoisotopic (exact) mass is 525 g/mol. The lowest BCUT2D eigenvalue weighted by atomic mass is 10.1. The number of carbonyl (C=O) groups is 1. The van der Waals surface area contributed by atoms with Crippen molar-refractivity contribution in [2.24, 2.45) is 0 Å². The first-order valence-corrected chi connectivity index (χ1v) is 18.8. The fourth-order valence-corrected chi connectivity index (χ4v) is 5.52. The predicted molar refractivity (Wildman–Crippen MR) is 156 cm³/mol. The number of hydrogen-bond donors (Lipinski definition) is 1. The molecule has 0 rings (SSSR count). The molecule has 1 N–H and O–H groups in total. The fraction of sp³-hybridized carbons (Fsp3) is 0.750. The molecule has 0 aliphatic heterocycles. The number of allylic oxidation sites excluding steroid dienone is 1. The Morgan fingerprint density at radius 2 is 1.46 bits per heavy atom. The van der Waals surface area contributed by atoms with E-state index in [9.17, 15) is 4.79 Å². The Hall–Kier alpha value is -0.996. The minimum atomic E-state index is -2.14. The van der Waals surface area contributed by atoms with Gasteiger partial charge in [0.15, 0.2) is 16.6 Å². The molecule has 0 aliphatic rings. The van der Waals surface area contributed by atoms with Crippen LogP contribution in [0.4, 0.5) is 0 Å². The summed E-state index contributed by atoms with van der Waals surface area (Å²) in [6, 6.07) is 0. The van der Waals surface area contributed by atoms with E-state index in [0.717, 1.165) is 19.3 Å². The smallest absolute Gasteiger partial charge is 0.220 e. The average molecular weight is 526 g/mol. The molecule has 0 spiro atoms. The summed E-state index contributed by atoms with van der Waals surface area (Å²) in [4.78, 5) is 12.2. The average Bonchev–Trinajstić information content (AvgIpc) is 2.71. The van der Waals surface area contributed by atoms with E-state index < -0.39 is 16.6 Å². The third-order valence-electron chi connectivity index (χ3n) is 7.43. The molecule has 3 atom stereocenters. The second-order valence-electron chi connectivity index (χ2n) is 12.4. The van der Waals surface area contributed by atoms with Crippen LogP contribution in [0.1, 0.15) is 67.2 Å². The van der Waals surface area contributed by atoms with Crippen molar-refractivity contribution in [2.75, 3.05) is 13.7 Å². The van der Waals surface area contributed by atoms with Crippen LogP contribution in [0.25, 0.3) is 0 Å². The van der Waals surface area contributed by atoms with Crippen molar-refractivity contribution in [1.82, 2.24) is 5.32 Å². The van der Waals surface area contributed by atoms with E-state index >= 15 is 0 Å². The van der Waals surface area contributed by atoms with Gasteiger partial charge >= 0.3 is 0 Å². The van der Waals surface area contributed by atoms with Gasteiger partial charge in [0, 0.05) is 20.1 Å². The molecule has 0 saturated carbocycles. The molecule has 0 aromatic heterocycles. The van der Waals surface area contributed by atoms with Crippen LogP contribution in [0, 0.1) is 0 Å². The summed E-state index contributed by atoms with van der Waals surface area (Å²) in [5.41, 5.74) is 0. The van der Waals surface area contributed by atoms with Gasteiger partial charge in [-0.15, -0.1) is 13.2 Å². The number of methoxy groups -OCH3 is 1. The maximum atomic E-state index is 12.2. The minimum Gasteiger partial charge on any atom is -0.408 e. The van der Waals surface area contributed by atoms with Crippen LogP contribution >= 0.6 is 0 Å². The SMILES string of the molecule is C=CCCCCC(=O)NC/C=C/[C@H](O[Si](C)(C)C(C)(C)C)[C@H](O[Si](C)(C)C(C)(C)C)[C@H](C=C)OC. The maximum Gasteiger partial charge on any atom is 0.220 e. The number of rotatable bonds is 16. The van der Waals surface area contributed by atoms with Crippen LogP contribution in [-0.4, -0.2) is 54.5 Å². The lowest BCUT2D eigenvalue weighted by molar-refractivity contribution is -0.121. The molecule has 204 valence electrons. The number of hydrogen-bond acceptors (Lipinski definition) is 4. The first-order chi connectivity index (χ1) is 15.9. The lowest BCUT2D eigenvalue weighted by Crippen LogP contribution is -2.54. The fourth-order valence-electron chi connectivity index (χ4n) is 2.97. The van der Waals surface area contributed by atoms with E-state index in [1.165, 1.54) is 0 Å². The number of carbonyl (C=O) groups excluding carboxylic acids is 1. The Balaban J connectivity index is 5.87. The summed E-state index contributed by atoms with van der Waals surface area (Å²) in [7, 11) is -2.58. The Bertz CT molecular complexity index is 690. The topological polar surface area (TPSA) is 56.8 Å². The van der Waals surface area contributed by atoms with Crippen LogP contribution < -0.4 is 5.32 Å². The van der Waals surface area contributed by atoms with Crippen molar-refractivity contribution >= 4 is 22.5 Å². The van der Waals surface area contributed by atoms with Crippen molar-refractivity contribution in [2.45, 2.75) is 122 Å². The molecule has 0 saturated heterocycles. The van der Waals surface area contributed by atoms with Gasteiger partial charge in [0.05, 0.1) is 6.10 Å². The Kier molecular flexibility index (Phi) is 14.3. The molecule has 0 unspecified atom stereocenters. The van der Waals surface area contributed by atoms with E-state index in [4.69, 9.17) is 13.6 Å². The first-order valence-electron chi connectivity index (χ1n) is 13.0. The molecule has 1 amide bonds. The highest BCUT2D eigenvalue weighted by Crippen LogP contribution is 2.41. The Morgan fingerprint density at radius 1 is 0.914 bits per heavy atom. The van der Waals surface area contributed by atoms with Gasteiger partial charge in [-0.05, 0) is 55.5 Å². The zero-order valence-corrected chi connectivity index (χ0v) is 26.6. The Labute approximate surface area is 219 Å². The van der Waals surface area contributed by atoms with Crippen molar-refractivity contribution in [3.05, 3.63) is 37.5 Å². The molecule has 0 aromatic carbocycles. The highest BCUT2D eigenvalue weighted by Gasteiger charge is 2.45. The molecule has 0 bridgehead atoms. The maximum absolute atomic E-state index is 12.2. The summed E-state index contributed by atoms with van der Waals surface area (Å²) in [5.74, 6) is 0.0653. The minimum absolute atomic E-state index is 0.0372. The second-order valence-corrected chi connectivity index (χ2v) is 21.9. The molecule has 7 heteroatoms. The largest absolute Gasteiger partial charge is 0.408 e. The van der Waals surface area contributed by atoms with E-state index in [-0.39, 0.29) is 34.3 Å². The second kappa shape index (κ2) is 14.7. The molecule has 0 heterocycles. The third-order valence-corrected chi connectivity index (χ3v) is 16.4. The van der Waals surface area contributed by atoms with E-state index in [1.54, 1.807) is 13.2 Å². The van der Waals surface area contributed by atoms with E-state index in [1.807, 2.05) is 18.2 Å². The van der Waals surface area contributed by atoms with E-state index in [2.05, 4.69) is 86.2 Å². The Morgan fingerprint density at radius 3 is 1.91 bits per heavy atom. The van der Waals surface area contributed by atoms with Crippen LogP contribution in [-0.2, 0) is 18.4 Å². The van der Waals surface area contributed by atoms with Gasteiger partial charge in [0.25, 0.3) is 0 Å². The molecule has 0 aliphatic carbocycles. The van der Waals surface area contributed by atoms with Gasteiger partial charge in [0.2, 0.25) is 5.91 Å². The molecule has 0 fully saturated rings. The number of nitrogens with one attached hydrogen (secondary N) is 1. The summed E-state index contributed by atoms with van der Waals surface area (Å²) in [6.45, 7) is 30.6.